The summed E-state index contributed by atoms with van der Waals surface area (Å²) in [6, 6.07) is 12.1. The van der Waals surface area contributed by atoms with Crippen LogP contribution in [0.2, 0.25) is 0 Å². The van der Waals surface area contributed by atoms with Crippen molar-refractivity contribution in [3.63, 3.8) is 0 Å². The van der Waals surface area contributed by atoms with Gasteiger partial charge in [0.25, 0.3) is 0 Å². The number of hydrogen-bond acceptors (Lipinski definition) is 4. The van der Waals surface area contributed by atoms with Gasteiger partial charge < -0.3 is 14.8 Å². The average molecular weight is 325 g/mol. The molecule has 0 atom stereocenters. The third kappa shape index (κ3) is 4.46. The van der Waals surface area contributed by atoms with Gasteiger partial charge in [0.2, 0.25) is 5.91 Å². The number of anilines is 1. The summed E-state index contributed by atoms with van der Waals surface area (Å²) in [5.41, 5.74) is 1.84. The van der Waals surface area contributed by atoms with E-state index in [0.29, 0.717) is 22.7 Å². The number of nitrogens with one attached hydrogen (secondary N) is 1. The molecular weight excluding hydrogens is 306 g/mol. The summed E-state index contributed by atoms with van der Waals surface area (Å²) in [4.78, 5) is 23.4. The van der Waals surface area contributed by atoms with Crippen molar-refractivity contribution in [2.75, 3.05) is 19.5 Å². The summed E-state index contributed by atoms with van der Waals surface area (Å²) >= 11 is 0. The summed E-state index contributed by atoms with van der Waals surface area (Å²) in [5.74, 6) is 0.951. The minimum Gasteiger partial charge on any atom is -0.497 e. The number of amides is 1. The quantitative estimate of drug-likeness (QED) is 0.651. The molecule has 124 valence electrons. The molecule has 0 radical (unpaired) electrons. The summed E-state index contributed by atoms with van der Waals surface area (Å²) in [7, 11) is 3.14. The largest absolute Gasteiger partial charge is 0.497 e. The Balaban J connectivity index is 2.13. The standard InChI is InChI=1S/C19H19NO4/c1-13(21)14-5-4-6-16(11-14)20-19(22)10-7-15-12-17(23-2)8-9-18(15)24-3/h4-12H,1-3H3,(H,20,22)/b10-7+. The monoisotopic (exact) mass is 325 g/mol. The predicted molar refractivity (Wildman–Crippen MR) is 93.7 cm³/mol. The van der Waals surface area contributed by atoms with Crippen molar-refractivity contribution in [3.8, 4) is 11.5 Å². The number of methoxy groups -OCH3 is 2. The van der Waals surface area contributed by atoms with Gasteiger partial charge in [-0.25, -0.2) is 0 Å². The zero-order valence-electron chi connectivity index (χ0n) is 13.8. The highest BCUT2D eigenvalue weighted by Crippen LogP contribution is 2.25. The topological polar surface area (TPSA) is 64.6 Å². The van der Waals surface area contributed by atoms with Gasteiger partial charge in [0.05, 0.1) is 14.2 Å². The minimum atomic E-state index is -0.305. The first-order valence-corrected chi connectivity index (χ1v) is 7.35. The van der Waals surface area contributed by atoms with Gasteiger partial charge in [-0.2, -0.15) is 0 Å². The molecule has 1 amide bonds. The van der Waals surface area contributed by atoms with Gasteiger partial charge in [-0.1, -0.05) is 12.1 Å². The third-order valence-electron chi connectivity index (χ3n) is 3.39. The minimum absolute atomic E-state index is 0.0530. The number of hydrogen-bond donors (Lipinski definition) is 1. The first kappa shape index (κ1) is 17.3. The Labute approximate surface area is 140 Å². The van der Waals surface area contributed by atoms with Crippen LogP contribution in [0, 0.1) is 0 Å². The lowest BCUT2D eigenvalue weighted by atomic mass is 10.1. The summed E-state index contributed by atoms with van der Waals surface area (Å²) in [5, 5.41) is 2.72. The second-order valence-electron chi connectivity index (χ2n) is 5.07. The molecule has 0 spiro atoms. The van der Waals surface area contributed by atoms with Gasteiger partial charge in [0, 0.05) is 22.9 Å². The number of carbonyl (C=O) groups is 2. The van der Waals surface area contributed by atoms with Crippen molar-refractivity contribution < 1.29 is 19.1 Å². The lowest BCUT2D eigenvalue weighted by Gasteiger charge is -2.07. The van der Waals surface area contributed by atoms with Crippen molar-refractivity contribution in [2.45, 2.75) is 6.92 Å². The van der Waals surface area contributed by atoms with Gasteiger partial charge >= 0.3 is 0 Å². The van der Waals surface area contributed by atoms with E-state index in [1.807, 2.05) is 0 Å². The Morgan fingerprint density at radius 2 is 1.83 bits per heavy atom. The smallest absolute Gasteiger partial charge is 0.248 e. The normalized spacial score (nSPS) is 10.5. The average Bonchev–Trinajstić information content (AvgIpc) is 2.59. The van der Waals surface area contributed by atoms with Crippen LogP contribution in [0.3, 0.4) is 0 Å². The van der Waals surface area contributed by atoms with Gasteiger partial charge in [-0.15, -0.1) is 0 Å². The van der Waals surface area contributed by atoms with Gasteiger partial charge in [-0.05, 0) is 43.3 Å². The maximum atomic E-state index is 12.1. The van der Waals surface area contributed by atoms with Crippen molar-refractivity contribution in [1.82, 2.24) is 0 Å². The maximum Gasteiger partial charge on any atom is 0.248 e. The number of Topliss-reactive ketones (excluding diaryl/α,β-unsaturated/α-hetero) is 1. The molecule has 0 unspecified atom stereocenters. The molecule has 1 N–H and O–H groups in total. The molecule has 2 aromatic carbocycles. The highest BCUT2D eigenvalue weighted by atomic mass is 16.5. The van der Waals surface area contributed by atoms with E-state index in [-0.39, 0.29) is 11.7 Å². The number of ether oxygens (including phenoxy) is 2. The van der Waals surface area contributed by atoms with Gasteiger partial charge in [0.15, 0.2) is 5.78 Å². The molecule has 5 nitrogen and oxygen atoms in total. The second kappa shape index (κ2) is 7.97. The highest BCUT2D eigenvalue weighted by Gasteiger charge is 2.05. The van der Waals surface area contributed by atoms with Crippen LogP contribution < -0.4 is 14.8 Å². The highest BCUT2D eigenvalue weighted by molar-refractivity contribution is 6.03. The zero-order valence-corrected chi connectivity index (χ0v) is 13.8. The summed E-state index contributed by atoms with van der Waals surface area (Å²) in [6.07, 6.45) is 3.04. The van der Waals surface area contributed by atoms with E-state index in [4.69, 9.17) is 9.47 Å². The molecule has 0 saturated heterocycles. The molecular formula is C19H19NO4. The van der Waals surface area contributed by atoms with E-state index < -0.39 is 0 Å². The molecule has 5 heteroatoms. The van der Waals surface area contributed by atoms with Crippen molar-refractivity contribution in [1.29, 1.82) is 0 Å². The van der Waals surface area contributed by atoms with Crippen LogP contribution in [0.25, 0.3) is 6.08 Å². The first-order chi connectivity index (χ1) is 11.5. The molecule has 0 aliphatic heterocycles. The number of rotatable bonds is 6. The molecule has 0 fully saturated rings. The lowest BCUT2D eigenvalue weighted by Crippen LogP contribution is -2.08. The van der Waals surface area contributed by atoms with Crippen LogP contribution in [0.1, 0.15) is 22.8 Å². The molecule has 24 heavy (non-hydrogen) atoms. The Bertz CT molecular complexity index is 781. The maximum absolute atomic E-state index is 12.1. The van der Waals surface area contributed by atoms with Crippen LogP contribution in [-0.2, 0) is 4.79 Å². The lowest BCUT2D eigenvalue weighted by molar-refractivity contribution is -0.111. The fraction of sp³-hybridized carbons (Fsp3) is 0.158. The van der Waals surface area contributed by atoms with E-state index in [1.165, 1.54) is 13.0 Å². The predicted octanol–water partition coefficient (Wildman–Crippen LogP) is 3.56. The van der Waals surface area contributed by atoms with E-state index in [9.17, 15) is 9.59 Å². The first-order valence-electron chi connectivity index (χ1n) is 7.35. The van der Waals surface area contributed by atoms with Crippen molar-refractivity contribution in [3.05, 3.63) is 59.7 Å². The van der Waals surface area contributed by atoms with Gasteiger partial charge in [0.1, 0.15) is 11.5 Å². The van der Waals surface area contributed by atoms with E-state index in [1.54, 1.807) is 62.8 Å². The fourth-order valence-corrected chi connectivity index (χ4v) is 2.13. The Kier molecular flexibility index (Phi) is 5.73. The number of benzene rings is 2. The van der Waals surface area contributed by atoms with Crippen molar-refractivity contribution >= 4 is 23.5 Å². The molecule has 2 aromatic rings. The fourth-order valence-electron chi connectivity index (χ4n) is 2.13. The van der Waals surface area contributed by atoms with Crippen LogP contribution in [0.4, 0.5) is 5.69 Å². The second-order valence-corrected chi connectivity index (χ2v) is 5.07. The summed E-state index contributed by atoms with van der Waals surface area (Å²) in [6.45, 7) is 1.48. The van der Waals surface area contributed by atoms with Crippen LogP contribution in [-0.4, -0.2) is 25.9 Å². The van der Waals surface area contributed by atoms with Crippen molar-refractivity contribution in [2.24, 2.45) is 0 Å². The molecule has 0 aromatic heterocycles. The molecule has 0 saturated carbocycles. The third-order valence-corrected chi connectivity index (χ3v) is 3.39. The number of ketones is 1. The Morgan fingerprint density at radius 1 is 1.04 bits per heavy atom. The van der Waals surface area contributed by atoms with E-state index >= 15 is 0 Å². The Hall–Kier alpha value is -3.08. The van der Waals surface area contributed by atoms with Crippen LogP contribution in [0.5, 0.6) is 11.5 Å². The van der Waals surface area contributed by atoms with Gasteiger partial charge in [-0.3, -0.25) is 9.59 Å². The molecule has 0 bridgehead atoms. The SMILES string of the molecule is COc1ccc(OC)c(/C=C/C(=O)Nc2cccc(C(C)=O)c2)c1. The molecule has 0 aliphatic carbocycles. The van der Waals surface area contributed by atoms with E-state index in [0.717, 1.165) is 5.56 Å². The van der Waals surface area contributed by atoms with E-state index in [2.05, 4.69) is 5.32 Å². The van der Waals surface area contributed by atoms with Crippen LogP contribution in [0.15, 0.2) is 48.5 Å². The summed E-state index contributed by atoms with van der Waals surface area (Å²) < 4.78 is 10.4. The molecule has 2 rings (SSSR count). The zero-order chi connectivity index (χ0) is 17.5. The molecule has 0 heterocycles. The van der Waals surface area contributed by atoms with Crippen LogP contribution >= 0.6 is 0 Å². The number of carbonyl (C=O) groups excluding carboxylic acids is 2. The molecule has 0 aliphatic rings. The Morgan fingerprint density at radius 3 is 2.50 bits per heavy atom.